The Balaban J connectivity index is 1.97. The number of likely N-dealkylation sites (N-methyl/N-ethyl adjacent to an activating group) is 1. The molecule has 2 heterocycles. The van der Waals surface area contributed by atoms with E-state index >= 15 is 0 Å². The lowest BCUT2D eigenvalue weighted by molar-refractivity contribution is 0.0979. The molecule has 0 bridgehead atoms. The number of hydrogen-bond acceptors (Lipinski definition) is 5. The van der Waals surface area contributed by atoms with Gasteiger partial charge in [0.1, 0.15) is 0 Å². The summed E-state index contributed by atoms with van der Waals surface area (Å²) in [6.07, 6.45) is 1.77. The van der Waals surface area contributed by atoms with Gasteiger partial charge in [-0.15, -0.1) is 0 Å². The van der Waals surface area contributed by atoms with Crippen LogP contribution < -0.4 is 4.90 Å². The van der Waals surface area contributed by atoms with Crippen LogP contribution in [0.3, 0.4) is 0 Å². The maximum Gasteiger partial charge on any atom is 0.280 e. The number of nitrogens with zero attached hydrogens (tertiary/aromatic N) is 5. The minimum absolute atomic E-state index is 0.129. The summed E-state index contributed by atoms with van der Waals surface area (Å²) in [6.45, 7) is 1.31. The van der Waals surface area contributed by atoms with Crippen molar-refractivity contribution >= 4 is 48.5 Å². The number of rotatable bonds is 5. The van der Waals surface area contributed by atoms with Gasteiger partial charge in [0.2, 0.25) is 0 Å². The highest BCUT2D eigenvalue weighted by atomic mass is 79.9. The van der Waals surface area contributed by atoms with Crippen LogP contribution in [0.25, 0.3) is 10.2 Å². The number of carbonyl (C=O) groups excluding carboxylic acids is 1. The van der Waals surface area contributed by atoms with Gasteiger partial charge >= 0.3 is 0 Å². The summed E-state index contributed by atoms with van der Waals surface area (Å²) in [5.41, 5.74) is 1.32. The Morgan fingerprint density at radius 2 is 2.08 bits per heavy atom. The van der Waals surface area contributed by atoms with Gasteiger partial charge in [-0.25, -0.2) is 4.98 Å². The van der Waals surface area contributed by atoms with Crippen LogP contribution in [0, 0.1) is 0 Å². The molecule has 3 rings (SSSR count). The lowest BCUT2D eigenvalue weighted by Crippen LogP contribution is -2.37. The smallest absolute Gasteiger partial charge is 0.280 e. The lowest BCUT2D eigenvalue weighted by atomic mass is 10.3. The van der Waals surface area contributed by atoms with Crippen molar-refractivity contribution in [3.05, 3.63) is 40.6 Å². The van der Waals surface area contributed by atoms with Gasteiger partial charge in [0.25, 0.3) is 5.91 Å². The molecule has 0 fully saturated rings. The molecule has 2 aromatic heterocycles. The molecule has 0 aliphatic rings. The highest BCUT2D eigenvalue weighted by Crippen LogP contribution is 2.31. The molecule has 8 heteroatoms. The number of fused-ring (bicyclic) bond motifs is 1. The van der Waals surface area contributed by atoms with Crippen molar-refractivity contribution in [1.82, 2.24) is 19.7 Å². The Morgan fingerprint density at radius 1 is 1.29 bits per heavy atom. The molecule has 24 heavy (non-hydrogen) atoms. The summed E-state index contributed by atoms with van der Waals surface area (Å²) in [4.78, 5) is 21.3. The highest BCUT2D eigenvalue weighted by Gasteiger charge is 2.23. The van der Waals surface area contributed by atoms with Crippen molar-refractivity contribution in [2.75, 3.05) is 32.1 Å². The van der Waals surface area contributed by atoms with E-state index in [2.05, 4.69) is 26.0 Å². The lowest BCUT2D eigenvalue weighted by Gasteiger charge is -2.21. The number of benzene rings is 1. The van der Waals surface area contributed by atoms with Crippen molar-refractivity contribution in [2.45, 2.75) is 0 Å². The van der Waals surface area contributed by atoms with Gasteiger partial charge in [0, 0.05) is 30.8 Å². The second-order valence-electron chi connectivity index (χ2n) is 5.74. The number of thiazole rings is 1. The third kappa shape index (κ3) is 3.66. The van der Waals surface area contributed by atoms with Crippen molar-refractivity contribution in [2.24, 2.45) is 7.05 Å². The molecule has 3 aromatic rings. The molecule has 0 aliphatic heterocycles. The van der Waals surface area contributed by atoms with E-state index in [9.17, 15) is 4.79 Å². The van der Waals surface area contributed by atoms with E-state index in [-0.39, 0.29) is 5.91 Å². The molecular weight excluding hydrogens is 390 g/mol. The van der Waals surface area contributed by atoms with E-state index in [1.165, 1.54) is 11.3 Å². The van der Waals surface area contributed by atoms with Crippen LogP contribution in [-0.4, -0.2) is 52.8 Å². The molecule has 0 spiro atoms. The molecule has 0 saturated carbocycles. The maximum absolute atomic E-state index is 12.9. The zero-order valence-electron chi connectivity index (χ0n) is 13.7. The Labute approximate surface area is 152 Å². The fourth-order valence-electron chi connectivity index (χ4n) is 2.25. The van der Waals surface area contributed by atoms with Gasteiger partial charge in [-0.1, -0.05) is 27.3 Å². The molecule has 1 aromatic carbocycles. The normalized spacial score (nSPS) is 11.4. The predicted octanol–water partition coefficient (Wildman–Crippen LogP) is 3.00. The fourth-order valence-corrected chi connectivity index (χ4v) is 3.80. The zero-order valence-corrected chi connectivity index (χ0v) is 16.1. The fraction of sp³-hybridized carbons (Fsp3) is 0.312. The van der Waals surface area contributed by atoms with Crippen LogP contribution in [0.15, 0.2) is 34.9 Å². The number of halogens is 1. The van der Waals surface area contributed by atoms with Gasteiger partial charge in [-0.2, -0.15) is 5.10 Å². The Kier molecular flexibility index (Phi) is 4.98. The van der Waals surface area contributed by atoms with E-state index in [1.54, 1.807) is 28.9 Å². The SMILES string of the molecule is CN(C)CCN(C(=O)c1ccn(C)n1)c1nc2ccc(Br)cc2s1. The average molecular weight is 408 g/mol. The molecule has 0 saturated heterocycles. The average Bonchev–Trinajstić information content (AvgIpc) is 3.12. The quantitative estimate of drug-likeness (QED) is 0.652. The molecule has 1 amide bonds. The van der Waals surface area contributed by atoms with Crippen molar-refractivity contribution in [3.63, 3.8) is 0 Å². The van der Waals surface area contributed by atoms with Gasteiger partial charge in [0.15, 0.2) is 10.8 Å². The first-order valence-corrected chi connectivity index (χ1v) is 9.07. The van der Waals surface area contributed by atoms with E-state index < -0.39 is 0 Å². The predicted molar refractivity (Wildman–Crippen MR) is 101 cm³/mol. The number of aryl methyl sites for hydroxylation is 1. The molecular formula is C16H18BrN5OS. The maximum atomic E-state index is 12.9. The van der Waals surface area contributed by atoms with Crippen LogP contribution in [-0.2, 0) is 7.05 Å². The van der Waals surface area contributed by atoms with Crippen LogP contribution in [0.5, 0.6) is 0 Å². The van der Waals surface area contributed by atoms with Gasteiger partial charge in [0.05, 0.1) is 10.2 Å². The monoisotopic (exact) mass is 407 g/mol. The first-order chi connectivity index (χ1) is 11.4. The molecule has 6 nitrogen and oxygen atoms in total. The molecule has 0 aliphatic carbocycles. The van der Waals surface area contributed by atoms with E-state index in [1.807, 2.05) is 37.2 Å². The number of anilines is 1. The highest BCUT2D eigenvalue weighted by molar-refractivity contribution is 9.10. The largest absolute Gasteiger partial charge is 0.308 e. The van der Waals surface area contributed by atoms with Crippen LogP contribution in [0.1, 0.15) is 10.5 Å². The molecule has 0 radical (unpaired) electrons. The summed E-state index contributed by atoms with van der Waals surface area (Å²) in [7, 11) is 5.77. The third-order valence-corrected chi connectivity index (χ3v) is 5.05. The van der Waals surface area contributed by atoms with Gasteiger partial charge < -0.3 is 4.90 Å². The Morgan fingerprint density at radius 3 is 2.75 bits per heavy atom. The van der Waals surface area contributed by atoms with Gasteiger partial charge in [-0.3, -0.25) is 14.4 Å². The van der Waals surface area contributed by atoms with Crippen LogP contribution >= 0.6 is 27.3 Å². The number of carbonyl (C=O) groups is 1. The topological polar surface area (TPSA) is 54.3 Å². The number of aromatic nitrogens is 3. The van der Waals surface area contributed by atoms with Crippen molar-refractivity contribution < 1.29 is 4.79 Å². The molecule has 0 N–H and O–H groups in total. The minimum Gasteiger partial charge on any atom is -0.308 e. The van der Waals surface area contributed by atoms with E-state index in [0.29, 0.717) is 17.4 Å². The van der Waals surface area contributed by atoms with Crippen molar-refractivity contribution in [1.29, 1.82) is 0 Å². The first kappa shape index (κ1) is 17.1. The molecule has 0 unspecified atom stereocenters. The Bertz CT molecular complexity index is 872. The summed E-state index contributed by atoms with van der Waals surface area (Å²) in [5, 5.41) is 4.93. The van der Waals surface area contributed by atoms with Gasteiger partial charge in [-0.05, 0) is 38.4 Å². The van der Waals surface area contributed by atoms with Crippen LogP contribution in [0.4, 0.5) is 5.13 Å². The third-order valence-electron chi connectivity index (χ3n) is 3.52. The second-order valence-corrected chi connectivity index (χ2v) is 7.67. The van der Waals surface area contributed by atoms with Crippen LogP contribution in [0.2, 0.25) is 0 Å². The second kappa shape index (κ2) is 7.00. The number of amides is 1. The summed E-state index contributed by atoms with van der Waals surface area (Å²) in [6, 6.07) is 7.66. The summed E-state index contributed by atoms with van der Waals surface area (Å²) < 4.78 is 3.68. The minimum atomic E-state index is -0.129. The Hall–Kier alpha value is -1.77. The summed E-state index contributed by atoms with van der Waals surface area (Å²) in [5.74, 6) is -0.129. The van der Waals surface area contributed by atoms with Crippen molar-refractivity contribution in [3.8, 4) is 0 Å². The number of hydrogen-bond donors (Lipinski definition) is 0. The first-order valence-electron chi connectivity index (χ1n) is 7.46. The van der Waals surface area contributed by atoms with E-state index in [4.69, 9.17) is 0 Å². The summed E-state index contributed by atoms with van der Waals surface area (Å²) >= 11 is 4.99. The molecule has 126 valence electrons. The standard InChI is InChI=1S/C16H18BrN5OS/c1-20(2)8-9-22(15(23)13-6-7-21(3)19-13)16-18-12-5-4-11(17)10-14(12)24-16/h4-7,10H,8-9H2,1-3H3. The molecule has 0 atom stereocenters. The zero-order chi connectivity index (χ0) is 17.3. The van der Waals surface area contributed by atoms with E-state index in [0.717, 1.165) is 21.2 Å².